The second-order valence-electron chi connectivity index (χ2n) is 6.72. The van der Waals surface area contributed by atoms with Gasteiger partial charge in [0.05, 0.1) is 0 Å². The molecule has 2 aliphatic heterocycles. The Kier molecular flexibility index (Phi) is 4.08. The van der Waals surface area contributed by atoms with Gasteiger partial charge in [0.15, 0.2) is 0 Å². The van der Waals surface area contributed by atoms with E-state index in [2.05, 4.69) is 26.8 Å². The fourth-order valence-electron chi connectivity index (χ4n) is 3.70. The van der Waals surface area contributed by atoms with Gasteiger partial charge in [0.1, 0.15) is 5.82 Å². The minimum absolute atomic E-state index is 0.122. The highest BCUT2D eigenvalue weighted by Crippen LogP contribution is 2.20. The maximum Gasteiger partial charge on any atom is 0.253 e. The van der Waals surface area contributed by atoms with Crippen LogP contribution in [0.15, 0.2) is 36.7 Å². The molecule has 2 aromatic rings. The summed E-state index contributed by atoms with van der Waals surface area (Å²) in [4.78, 5) is 27.2. The minimum Gasteiger partial charge on any atom is -0.345 e. The summed E-state index contributed by atoms with van der Waals surface area (Å²) in [5.74, 6) is 0.916. The van der Waals surface area contributed by atoms with Crippen molar-refractivity contribution < 1.29 is 4.79 Å². The number of fused-ring (bicyclic) bond motifs is 1. The molecule has 1 unspecified atom stereocenters. The third-order valence-corrected chi connectivity index (χ3v) is 5.06. The molecule has 0 saturated carbocycles. The van der Waals surface area contributed by atoms with Crippen molar-refractivity contribution in [2.75, 3.05) is 46.3 Å². The van der Waals surface area contributed by atoms with Crippen molar-refractivity contribution in [2.45, 2.75) is 6.04 Å². The summed E-state index contributed by atoms with van der Waals surface area (Å²) in [6, 6.07) is 8.18. The van der Waals surface area contributed by atoms with E-state index in [1.54, 1.807) is 12.4 Å². The summed E-state index contributed by atoms with van der Waals surface area (Å²) >= 11 is 0. The topological polar surface area (TPSA) is 55.5 Å². The van der Waals surface area contributed by atoms with Gasteiger partial charge in [0.2, 0.25) is 0 Å². The highest BCUT2D eigenvalue weighted by molar-refractivity contribution is 5.95. The molecule has 0 bridgehead atoms. The van der Waals surface area contributed by atoms with Crippen LogP contribution in [0.25, 0.3) is 11.4 Å². The van der Waals surface area contributed by atoms with Gasteiger partial charge >= 0.3 is 0 Å². The monoisotopic (exact) mass is 325 g/mol. The number of aromatic amines is 1. The molecule has 126 valence electrons. The number of likely N-dealkylation sites (N-methyl/N-ethyl adjacent to an activating group) is 1. The third-order valence-electron chi connectivity index (χ3n) is 5.06. The van der Waals surface area contributed by atoms with Gasteiger partial charge in [0.25, 0.3) is 5.91 Å². The number of nitrogens with one attached hydrogen (secondary N) is 1. The molecule has 6 heteroatoms. The average molecular weight is 325 g/mol. The predicted octanol–water partition coefficient (Wildman–Crippen LogP) is 1.15. The summed E-state index contributed by atoms with van der Waals surface area (Å²) in [7, 11) is 2.16. The molecular formula is C18H23N5O. The maximum absolute atomic E-state index is 12.9. The number of hydrogen-bond acceptors (Lipinski definition) is 4. The van der Waals surface area contributed by atoms with Crippen LogP contribution in [0.5, 0.6) is 0 Å². The van der Waals surface area contributed by atoms with E-state index in [0.717, 1.165) is 56.2 Å². The molecule has 2 saturated heterocycles. The van der Waals surface area contributed by atoms with Crippen molar-refractivity contribution in [3.05, 3.63) is 42.2 Å². The van der Waals surface area contributed by atoms with Gasteiger partial charge < -0.3 is 14.8 Å². The Labute approximate surface area is 142 Å². The number of H-pyrrole nitrogens is 1. The molecule has 0 aliphatic carbocycles. The molecular weight excluding hydrogens is 302 g/mol. The summed E-state index contributed by atoms with van der Waals surface area (Å²) < 4.78 is 0. The molecule has 3 heterocycles. The maximum atomic E-state index is 12.9. The molecule has 1 aromatic heterocycles. The van der Waals surface area contributed by atoms with Crippen LogP contribution >= 0.6 is 0 Å². The van der Waals surface area contributed by atoms with Crippen LogP contribution in [0.1, 0.15) is 10.4 Å². The third kappa shape index (κ3) is 2.95. The van der Waals surface area contributed by atoms with E-state index in [4.69, 9.17) is 0 Å². The van der Waals surface area contributed by atoms with Crippen LogP contribution in [-0.4, -0.2) is 82.9 Å². The van der Waals surface area contributed by atoms with Crippen molar-refractivity contribution >= 4 is 5.91 Å². The number of imidazole rings is 1. The van der Waals surface area contributed by atoms with Crippen molar-refractivity contribution in [2.24, 2.45) is 0 Å². The molecule has 1 amide bonds. The molecule has 4 rings (SSSR count). The van der Waals surface area contributed by atoms with E-state index in [1.807, 2.05) is 29.2 Å². The normalized spacial score (nSPS) is 22.4. The number of benzene rings is 1. The number of piperazine rings is 2. The molecule has 24 heavy (non-hydrogen) atoms. The molecule has 6 nitrogen and oxygen atoms in total. The Morgan fingerprint density at radius 1 is 1.21 bits per heavy atom. The average Bonchev–Trinajstić information content (AvgIpc) is 3.15. The second kappa shape index (κ2) is 6.37. The smallest absolute Gasteiger partial charge is 0.253 e. The summed E-state index contributed by atoms with van der Waals surface area (Å²) in [6.45, 7) is 5.86. The van der Waals surface area contributed by atoms with Crippen LogP contribution in [0, 0.1) is 0 Å². The first-order valence-corrected chi connectivity index (χ1v) is 8.52. The van der Waals surface area contributed by atoms with E-state index in [1.165, 1.54) is 0 Å². The Bertz CT molecular complexity index is 714. The fourth-order valence-corrected chi connectivity index (χ4v) is 3.70. The highest BCUT2D eigenvalue weighted by atomic mass is 16.2. The lowest BCUT2D eigenvalue weighted by atomic mass is 10.1. The number of nitrogens with zero attached hydrogens (tertiary/aromatic N) is 4. The van der Waals surface area contributed by atoms with Gasteiger partial charge in [-0.2, -0.15) is 0 Å². The van der Waals surface area contributed by atoms with Crippen LogP contribution in [0.4, 0.5) is 0 Å². The van der Waals surface area contributed by atoms with Crippen LogP contribution in [0.2, 0.25) is 0 Å². The zero-order valence-corrected chi connectivity index (χ0v) is 14.0. The van der Waals surface area contributed by atoms with Crippen molar-refractivity contribution in [3.63, 3.8) is 0 Å². The Hall–Kier alpha value is -2.18. The lowest BCUT2D eigenvalue weighted by Gasteiger charge is -2.46. The molecule has 1 atom stereocenters. The Balaban J connectivity index is 1.51. The van der Waals surface area contributed by atoms with E-state index >= 15 is 0 Å². The van der Waals surface area contributed by atoms with Crippen molar-refractivity contribution in [1.29, 1.82) is 0 Å². The lowest BCUT2D eigenvalue weighted by Crippen LogP contribution is -2.62. The van der Waals surface area contributed by atoms with Crippen LogP contribution in [-0.2, 0) is 0 Å². The van der Waals surface area contributed by atoms with Crippen LogP contribution in [0.3, 0.4) is 0 Å². The molecule has 0 spiro atoms. The fraction of sp³-hybridized carbons (Fsp3) is 0.444. The molecule has 1 aromatic carbocycles. The second-order valence-corrected chi connectivity index (χ2v) is 6.72. The number of hydrogen-bond donors (Lipinski definition) is 1. The van der Waals surface area contributed by atoms with Gasteiger partial charge in [0, 0.05) is 68.8 Å². The molecule has 2 fully saturated rings. The van der Waals surface area contributed by atoms with Crippen molar-refractivity contribution in [1.82, 2.24) is 24.7 Å². The lowest BCUT2D eigenvalue weighted by molar-refractivity contribution is 0.0190. The first kappa shape index (κ1) is 15.4. The largest absolute Gasteiger partial charge is 0.345 e. The summed E-state index contributed by atoms with van der Waals surface area (Å²) in [6.07, 6.45) is 3.52. The van der Waals surface area contributed by atoms with Gasteiger partial charge in [-0.3, -0.25) is 9.69 Å². The van der Waals surface area contributed by atoms with E-state index < -0.39 is 0 Å². The SMILES string of the molecule is CN1CCN2CCN(C(=O)c3cccc(-c4ncc[nH]4)c3)CC2C1. The quantitative estimate of drug-likeness (QED) is 0.900. The predicted molar refractivity (Wildman–Crippen MR) is 92.8 cm³/mol. The van der Waals surface area contributed by atoms with Gasteiger partial charge in [-0.15, -0.1) is 0 Å². The van der Waals surface area contributed by atoms with E-state index in [0.29, 0.717) is 6.04 Å². The van der Waals surface area contributed by atoms with Crippen LogP contribution < -0.4 is 0 Å². The number of carbonyl (C=O) groups excluding carboxylic acids is 1. The van der Waals surface area contributed by atoms with Gasteiger partial charge in [-0.1, -0.05) is 12.1 Å². The number of aromatic nitrogens is 2. The zero-order chi connectivity index (χ0) is 16.5. The molecule has 2 aliphatic rings. The minimum atomic E-state index is 0.122. The first-order valence-electron chi connectivity index (χ1n) is 8.52. The zero-order valence-electron chi connectivity index (χ0n) is 14.0. The first-order chi connectivity index (χ1) is 11.7. The van der Waals surface area contributed by atoms with Gasteiger partial charge in [-0.05, 0) is 19.2 Å². The highest BCUT2D eigenvalue weighted by Gasteiger charge is 2.33. The molecule has 0 radical (unpaired) electrons. The van der Waals surface area contributed by atoms with Gasteiger partial charge in [-0.25, -0.2) is 4.98 Å². The van der Waals surface area contributed by atoms with E-state index in [-0.39, 0.29) is 5.91 Å². The summed E-state index contributed by atoms with van der Waals surface area (Å²) in [5.41, 5.74) is 1.68. The number of amides is 1. The molecule has 1 N–H and O–H groups in total. The number of carbonyl (C=O) groups is 1. The number of rotatable bonds is 2. The van der Waals surface area contributed by atoms with Crippen molar-refractivity contribution in [3.8, 4) is 11.4 Å². The standard InChI is InChI=1S/C18H23N5O/c1-21-7-8-22-9-10-23(13-16(22)12-21)18(24)15-4-2-3-14(11-15)17-19-5-6-20-17/h2-6,11,16H,7-10,12-13H2,1H3,(H,19,20). The summed E-state index contributed by atoms with van der Waals surface area (Å²) in [5, 5.41) is 0. The Morgan fingerprint density at radius 3 is 2.92 bits per heavy atom. The Morgan fingerprint density at radius 2 is 2.08 bits per heavy atom. The van der Waals surface area contributed by atoms with E-state index in [9.17, 15) is 4.79 Å².